The molecule has 2 nitrogen and oxygen atoms in total. The monoisotopic (exact) mass is 230 g/mol. The molecular formula is C6H9BrF2O2. The maximum absolute atomic E-state index is 12.0. The number of alkyl halides is 3. The molecule has 0 aromatic carbocycles. The van der Waals surface area contributed by atoms with E-state index in [-0.39, 0.29) is 6.61 Å². The molecule has 66 valence electrons. The fourth-order valence-electron chi connectivity index (χ4n) is 0.391. The highest BCUT2D eigenvalue weighted by Gasteiger charge is 2.36. The normalized spacial score (nSPS) is 11.3. The largest absolute Gasteiger partial charge is 0.461 e. The molecule has 0 aliphatic heterocycles. The van der Waals surface area contributed by atoms with Crippen molar-refractivity contribution in [1.29, 1.82) is 0 Å². The zero-order chi connectivity index (χ0) is 8.91. The van der Waals surface area contributed by atoms with Crippen LogP contribution in [0.3, 0.4) is 0 Å². The van der Waals surface area contributed by atoms with Crippen molar-refractivity contribution in [1.82, 2.24) is 0 Å². The lowest BCUT2D eigenvalue weighted by molar-refractivity contribution is -0.159. The van der Waals surface area contributed by atoms with Crippen molar-refractivity contribution in [2.24, 2.45) is 0 Å². The van der Waals surface area contributed by atoms with Crippen molar-refractivity contribution < 1.29 is 18.3 Å². The van der Waals surface area contributed by atoms with Crippen LogP contribution in [-0.4, -0.2) is 17.4 Å². The number of hydrogen-bond acceptors (Lipinski definition) is 2. The molecule has 11 heavy (non-hydrogen) atoms. The van der Waals surface area contributed by atoms with Crippen LogP contribution in [0.4, 0.5) is 8.78 Å². The van der Waals surface area contributed by atoms with Gasteiger partial charge in [-0.1, -0.05) is 13.3 Å². The topological polar surface area (TPSA) is 26.3 Å². The van der Waals surface area contributed by atoms with Gasteiger partial charge in [0, 0.05) is 15.9 Å². The number of hydrogen-bond donors (Lipinski definition) is 0. The number of carbonyl (C=O) groups excluding carboxylic acids is 1. The first-order chi connectivity index (χ1) is 4.98. The van der Waals surface area contributed by atoms with Gasteiger partial charge in [0.1, 0.15) is 0 Å². The molecule has 0 N–H and O–H groups in total. The molecule has 0 atom stereocenters. The van der Waals surface area contributed by atoms with Crippen LogP contribution in [0.1, 0.15) is 19.8 Å². The quantitative estimate of drug-likeness (QED) is 0.421. The molecule has 0 aliphatic carbocycles. The van der Waals surface area contributed by atoms with Crippen LogP contribution in [0.5, 0.6) is 0 Å². The minimum Gasteiger partial charge on any atom is -0.461 e. The zero-order valence-corrected chi connectivity index (χ0v) is 7.66. The lowest BCUT2D eigenvalue weighted by Crippen LogP contribution is -2.23. The average Bonchev–Trinajstić information content (AvgIpc) is 1.86. The van der Waals surface area contributed by atoms with Gasteiger partial charge < -0.3 is 4.74 Å². The van der Waals surface area contributed by atoms with E-state index < -0.39 is 10.8 Å². The zero-order valence-electron chi connectivity index (χ0n) is 6.07. The molecule has 5 heteroatoms. The SMILES string of the molecule is CCCCOC(=O)C(F)(F)Br. The number of carbonyl (C=O) groups is 1. The molecule has 0 bridgehead atoms. The lowest BCUT2D eigenvalue weighted by atomic mass is 10.4. The van der Waals surface area contributed by atoms with Crippen molar-refractivity contribution in [2.75, 3.05) is 6.61 Å². The maximum atomic E-state index is 12.0. The second-order valence-corrected chi connectivity index (χ2v) is 2.98. The first-order valence-electron chi connectivity index (χ1n) is 3.22. The van der Waals surface area contributed by atoms with Gasteiger partial charge >= 0.3 is 10.8 Å². The highest BCUT2D eigenvalue weighted by Crippen LogP contribution is 2.22. The Hall–Kier alpha value is -0.190. The van der Waals surface area contributed by atoms with Gasteiger partial charge in [0.2, 0.25) is 0 Å². The van der Waals surface area contributed by atoms with E-state index in [1.165, 1.54) is 0 Å². The third kappa shape index (κ3) is 5.12. The highest BCUT2D eigenvalue weighted by molar-refractivity contribution is 9.10. The number of ether oxygens (including phenoxy) is 1. The van der Waals surface area contributed by atoms with E-state index in [0.29, 0.717) is 6.42 Å². The van der Waals surface area contributed by atoms with E-state index in [4.69, 9.17) is 0 Å². The van der Waals surface area contributed by atoms with Gasteiger partial charge in [0.05, 0.1) is 6.61 Å². The van der Waals surface area contributed by atoms with E-state index >= 15 is 0 Å². The summed E-state index contributed by atoms with van der Waals surface area (Å²) in [6, 6.07) is 0. The van der Waals surface area contributed by atoms with Crippen molar-refractivity contribution in [2.45, 2.75) is 24.6 Å². The Labute approximate surface area is 72.0 Å². The molecule has 0 aromatic rings. The Bertz CT molecular complexity index is 133. The molecule has 0 unspecified atom stereocenters. The van der Waals surface area contributed by atoms with E-state index in [0.717, 1.165) is 6.42 Å². The Kier molecular flexibility index (Phi) is 4.56. The molecule has 0 fully saturated rings. The lowest BCUT2D eigenvalue weighted by Gasteiger charge is -2.07. The third-order valence-electron chi connectivity index (χ3n) is 0.963. The molecule has 0 aromatic heterocycles. The number of halogens is 3. The van der Waals surface area contributed by atoms with Crippen molar-refractivity contribution in [3.8, 4) is 0 Å². The van der Waals surface area contributed by atoms with Gasteiger partial charge in [-0.2, -0.15) is 8.78 Å². The smallest absolute Gasteiger partial charge is 0.395 e. The molecule has 0 saturated carbocycles. The van der Waals surface area contributed by atoms with Crippen molar-refractivity contribution >= 4 is 21.9 Å². The molecule has 0 amide bonds. The Morgan fingerprint density at radius 1 is 1.64 bits per heavy atom. The molecule has 0 saturated heterocycles. The van der Waals surface area contributed by atoms with Crippen LogP contribution in [0.25, 0.3) is 0 Å². The summed E-state index contributed by atoms with van der Waals surface area (Å²) in [7, 11) is 0. The van der Waals surface area contributed by atoms with Gasteiger partial charge in [0.15, 0.2) is 0 Å². The molecule has 0 aliphatic rings. The Balaban J connectivity index is 3.54. The minimum atomic E-state index is -3.54. The summed E-state index contributed by atoms with van der Waals surface area (Å²) in [6.45, 7) is 1.93. The molecule has 0 spiro atoms. The molecule has 0 heterocycles. The van der Waals surface area contributed by atoms with Crippen LogP contribution in [0.15, 0.2) is 0 Å². The van der Waals surface area contributed by atoms with Crippen LogP contribution < -0.4 is 0 Å². The summed E-state index contributed by atoms with van der Waals surface area (Å²) in [6.07, 6.45) is 1.41. The fraction of sp³-hybridized carbons (Fsp3) is 0.833. The highest BCUT2D eigenvalue weighted by atomic mass is 79.9. The van der Waals surface area contributed by atoms with Gasteiger partial charge in [-0.25, -0.2) is 4.79 Å². The first kappa shape index (κ1) is 10.8. The van der Waals surface area contributed by atoms with Gasteiger partial charge in [-0.3, -0.25) is 0 Å². The Morgan fingerprint density at radius 2 is 2.18 bits per heavy atom. The van der Waals surface area contributed by atoms with E-state index in [1.54, 1.807) is 0 Å². The third-order valence-corrected chi connectivity index (χ3v) is 1.29. The van der Waals surface area contributed by atoms with Gasteiger partial charge in [-0.05, 0) is 6.42 Å². The van der Waals surface area contributed by atoms with Crippen LogP contribution in [0.2, 0.25) is 0 Å². The maximum Gasteiger partial charge on any atom is 0.395 e. The summed E-state index contributed by atoms with van der Waals surface area (Å²) >= 11 is 1.89. The predicted octanol–water partition coefficient (Wildman–Crippen LogP) is 2.32. The van der Waals surface area contributed by atoms with E-state index in [2.05, 4.69) is 4.74 Å². The number of rotatable bonds is 4. The van der Waals surface area contributed by atoms with E-state index in [9.17, 15) is 13.6 Å². The van der Waals surface area contributed by atoms with Crippen molar-refractivity contribution in [3.05, 3.63) is 0 Å². The van der Waals surface area contributed by atoms with Crippen LogP contribution >= 0.6 is 15.9 Å². The second-order valence-electron chi connectivity index (χ2n) is 1.99. The fourth-order valence-corrected chi connectivity index (χ4v) is 0.505. The summed E-state index contributed by atoms with van der Waals surface area (Å²) in [5.74, 6) is -1.52. The molecule has 0 radical (unpaired) electrons. The van der Waals surface area contributed by atoms with Crippen molar-refractivity contribution in [3.63, 3.8) is 0 Å². The van der Waals surface area contributed by atoms with Crippen LogP contribution in [0, 0.1) is 0 Å². The number of esters is 1. The number of unbranched alkanes of at least 4 members (excludes halogenated alkanes) is 1. The van der Waals surface area contributed by atoms with E-state index in [1.807, 2.05) is 22.9 Å². The summed E-state index contributed by atoms with van der Waals surface area (Å²) in [4.78, 5) is 6.78. The second kappa shape index (κ2) is 4.64. The standard InChI is InChI=1S/C6H9BrF2O2/c1-2-3-4-11-5(10)6(7,8)9/h2-4H2,1H3. The summed E-state index contributed by atoms with van der Waals surface area (Å²) < 4.78 is 28.2. The summed E-state index contributed by atoms with van der Waals surface area (Å²) in [5.41, 5.74) is 0. The minimum absolute atomic E-state index is 0.0521. The predicted molar refractivity (Wildman–Crippen MR) is 39.7 cm³/mol. The Morgan fingerprint density at radius 3 is 2.55 bits per heavy atom. The molecular weight excluding hydrogens is 222 g/mol. The van der Waals surface area contributed by atoms with Crippen LogP contribution in [-0.2, 0) is 9.53 Å². The van der Waals surface area contributed by atoms with Gasteiger partial charge in [-0.15, -0.1) is 0 Å². The average molecular weight is 231 g/mol. The summed E-state index contributed by atoms with van der Waals surface area (Å²) in [5, 5.41) is 0. The van der Waals surface area contributed by atoms with Gasteiger partial charge in [0.25, 0.3) is 0 Å². The molecule has 0 rings (SSSR count). The first-order valence-corrected chi connectivity index (χ1v) is 4.01.